The van der Waals surface area contributed by atoms with Gasteiger partial charge in [-0.1, -0.05) is 12.1 Å². The maximum absolute atomic E-state index is 4.02. The molecule has 4 rings (SSSR count). The summed E-state index contributed by atoms with van der Waals surface area (Å²) >= 11 is 1.89. The van der Waals surface area contributed by atoms with Gasteiger partial charge in [-0.2, -0.15) is 5.10 Å². The Morgan fingerprint density at radius 1 is 1.24 bits per heavy atom. The van der Waals surface area contributed by atoms with Crippen molar-refractivity contribution >= 4 is 17.0 Å². The molecule has 2 heterocycles. The quantitative estimate of drug-likeness (QED) is 0.739. The lowest BCUT2D eigenvalue weighted by Crippen LogP contribution is -2.15. The minimum absolute atomic E-state index is 0.442. The van der Waals surface area contributed by atoms with Crippen molar-refractivity contribution in [3.8, 4) is 11.3 Å². The summed E-state index contributed by atoms with van der Waals surface area (Å²) in [5.41, 5.74) is 4.88. The van der Waals surface area contributed by atoms with E-state index in [-0.39, 0.29) is 0 Å². The standard InChI is InChI=1S/C17H17N3S/c1-3-12(15-7-9-18-20-15)11-13(4-1)19-16-5-2-6-17-14(16)8-10-21-17/h1,3-4,7-11,16,19H,2,5-6H2,(H,18,20). The van der Waals surface area contributed by atoms with E-state index in [0.717, 1.165) is 5.69 Å². The third-order valence-corrected chi connectivity index (χ3v) is 5.06. The van der Waals surface area contributed by atoms with Crippen LogP contribution < -0.4 is 5.32 Å². The summed E-state index contributed by atoms with van der Waals surface area (Å²) in [7, 11) is 0. The summed E-state index contributed by atoms with van der Waals surface area (Å²) in [4.78, 5) is 1.54. The van der Waals surface area contributed by atoms with Crippen LogP contribution >= 0.6 is 11.3 Å². The number of hydrogen-bond donors (Lipinski definition) is 2. The van der Waals surface area contributed by atoms with Crippen molar-refractivity contribution in [2.45, 2.75) is 25.3 Å². The van der Waals surface area contributed by atoms with Crippen LogP contribution in [0.15, 0.2) is 48.0 Å². The molecule has 0 saturated carbocycles. The monoisotopic (exact) mass is 295 g/mol. The van der Waals surface area contributed by atoms with E-state index in [4.69, 9.17) is 0 Å². The number of aromatic amines is 1. The molecule has 1 aromatic carbocycles. The van der Waals surface area contributed by atoms with Gasteiger partial charge in [-0.05, 0) is 54.5 Å². The summed E-state index contributed by atoms with van der Waals surface area (Å²) in [6.07, 6.45) is 5.50. The molecule has 0 fully saturated rings. The molecule has 0 spiro atoms. The lowest BCUT2D eigenvalue weighted by molar-refractivity contribution is 0.609. The average molecular weight is 295 g/mol. The molecule has 1 unspecified atom stereocenters. The summed E-state index contributed by atoms with van der Waals surface area (Å²) < 4.78 is 0. The van der Waals surface area contributed by atoms with Gasteiger partial charge in [0.15, 0.2) is 0 Å². The lowest BCUT2D eigenvalue weighted by Gasteiger charge is -2.25. The van der Waals surface area contributed by atoms with Gasteiger partial charge in [0.2, 0.25) is 0 Å². The van der Waals surface area contributed by atoms with Gasteiger partial charge in [-0.3, -0.25) is 5.10 Å². The van der Waals surface area contributed by atoms with Crippen LogP contribution in [0.3, 0.4) is 0 Å². The topological polar surface area (TPSA) is 40.7 Å². The number of anilines is 1. The maximum atomic E-state index is 4.02. The third-order valence-electron chi connectivity index (χ3n) is 4.07. The molecule has 21 heavy (non-hydrogen) atoms. The minimum atomic E-state index is 0.442. The average Bonchev–Trinajstić information content (AvgIpc) is 3.20. The second-order valence-electron chi connectivity index (χ2n) is 5.44. The van der Waals surface area contributed by atoms with Gasteiger partial charge < -0.3 is 5.32 Å². The van der Waals surface area contributed by atoms with Crippen molar-refractivity contribution < 1.29 is 0 Å². The van der Waals surface area contributed by atoms with E-state index in [1.54, 1.807) is 11.1 Å². The summed E-state index contributed by atoms with van der Waals surface area (Å²) in [5, 5.41) is 13.0. The highest BCUT2D eigenvalue weighted by molar-refractivity contribution is 7.10. The molecule has 0 saturated heterocycles. The Kier molecular flexibility index (Phi) is 3.24. The van der Waals surface area contributed by atoms with E-state index in [2.05, 4.69) is 51.2 Å². The molecule has 0 radical (unpaired) electrons. The number of thiophene rings is 1. The molecule has 106 valence electrons. The van der Waals surface area contributed by atoms with Crippen LogP contribution in [0.25, 0.3) is 11.3 Å². The SMILES string of the molecule is c1cc(NC2CCCc3sccc32)cc(-c2ccn[nH]2)c1. The zero-order chi connectivity index (χ0) is 14.1. The van der Waals surface area contributed by atoms with Crippen LogP contribution in [0.4, 0.5) is 5.69 Å². The van der Waals surface area contributed by atoms with Crippen molar-refractivity contribution in [2.24, 2.45) is 0 Å². The van der Waals surface area contributed by atoms with Gasteiger partial charge in [0.25, 0.3) is 0 Å². The van der Waals surface area contributed by atoms with E-state index in [0.29, 0.717) is 6.04 Å². The molecule has 1 aliphatic carbocycles. The van der Waals surface area contributed by atoms with Crippen LogP contribution in [-0.4, -0.2) is 10.2 Å². The number of nitrogens with zero attached hydrogens (tertiary/aromatic N) is 1. The van der Waals surface area contributed by atoms with Gasteiger partial charge in [-0.15, -0.1) is 11.3 Å². The number of aryl methyl sites for hydroxylation is 1. The Morgan fingerprint density at radius 2 is 2.24 bits per heavy atom. The fraction of sp³-hybridized carbons (Fsp3) is 0.235. The normalized spacial score (nSPS) is 17.4. The molecule has 2 aromatic heterocycles. The van der Waals surface area contributed by atoms with Gasteiger partial charge in [0.05, 0.1) is 11.7 Å². The Hall–Kier alpha value is -2.07. The van der Waals surface area contributed by atoms with Crippen LogP contribution in [-0.2, 0) is 6.42 Å². The lowest BCUT2D eigenvalue weighted by atomic mass is 9.94. The highest BCUT2D eigenvalue weighted by Gasteiger charge is 2.20. The second-order valence-corrected chi connectivity index (χ2v) is 6.44. The van der Waals surface area contributed by atoms with Gasteiger partial charge in [-0.25, -0.2) is 0 Å². The predicted molar refractivity (Wildman–Crippen MR) is 87.6 cm³/mol. The Labute approximate surface area is 128 Å². The largest absolute Gasteiger partial charge is 0.378 e. The van der Waals surface area contributed by atoms with Gasteiger partial charge >= 0.3 is 0 Å². The molecule has 0 amide bonds. The van der Waals surface area contributed by atoms with E-state index in [1.165, 1.54) is 36.1 Å². The zero-order valence-electron chi connectivity index (χ0n) is 11.7. The molecule has 3 nitrogen and oxygen atoms in total. The predicted octanol–water partition coefficient (Wildman–Crippen LogP) is 4.63. The molecule has 1 atom stereocenters. The number of nitrogens with one attached hydrogen (secondary N) is 2. The van der Waals surface area contributed by atoms with Crippen LogP contribution in [0, 0.1) is 0 Å². The smallest absolute Gasteiger partial charge is 0.0650 e. The molecule has 0 bridgehead atoms. The molecular formula is C17H17N3S. The fourth-order valence-electron chi connectivity index (χ4n) is 3.03. The number of H-pyrrole nitrogens is 1. The second kappa shape index (κ2) is 5.37. The maximum Gasteiger partial charge on any atom is 0.0650 e. The first-order chi connectivity index (χ1) is 10.4. The molecule has 4 heteroatoms. The van der Waals surface area contributed by atoms with E-state index in [9.17, 15) is 0 Å². The first-order valence-electron chi connectivity index (χ1n) is 7.33. The van der Waals surface area contributed by atoms with Gasteiger partial charge in [0.1, 0.15) is 0 Å². The van der Waals surface area contributed by atoms with E-state index in [1.807, 2.05) is 17.4 Å². The fourth-order valence-corrected chi connectivity index (χ4v) is 4.02. The molecule has 0 aliphatic heterocycles. The Bertz CT molecular complexity index is 730. The Morgan fingerprint density at radius 3 is 3.14 bits per heavy atom. The first-order valence-corrected chi connectivity index (χ1v) is 8.21. The number of aromatic nitrogens is 2. The highest BCUT2D eigenvalue weighted by atomic mass is 32.1. The van der Waals surface area contributed by atoms with Crippen molar-refractivity contribution in [2.75, 3.05) is 5.32 Å². The van der Waals surface area contributed by atoms with E-state index < -0.39 is 0 Å². The first kappa shape index (κ1) is 12.7. The van der Waals surface area contributed by atoms with Crippen LogP contribution in [0.1, 0.15) is 29.3 Å². The molecule has 2 N–H and O–H groups in total. The summed E-state index contributed by atoms with van der Waals surface area (Å²) in [6.45, 7) is 0. The number of fused-ring (bicyclic) bond motifs is 1. The van der Waals surface area contributed by atoms with Crippen molar-refractivity contribution in [3.63, 3.8) is 0 Å². The number of hydrogen-bond acceptors (Lipinski definition) is 3. The summed E-state index contributed by atoms with van der Waals surface area (Å²) in [5.74, 6) is 0. The minimum Gasteiger partial charge on any atom is -0.378 e. The third kappa shape index (κ3) is 2.47. The molecule has 3 aromatic rings. The number of rotatable bonds is 3. The van der Waals surface area contributed by atoms with Crippen molar-refractivity contribution in [3.05, 3.63) is 58.4 Å². The van der Waals surface area contributed by atoms with Crippen molar-refractivity contribution in [1.82, 2.24) is 10.2 Å². The molecule has 1 aliphatic rings. The van der Waals surface area contributed by atoms with E-state index >= 15 is 0 Å². The van der Waals surface area contributed by atoms with Crippen LogP contribution in [0.2, 0.25) is 0 Å². The highest BCUT2D eigenvalue weighted by Crippen LogP contribution is 2.35. The summed E-state index contributed by atoms with van der Waals surface area (Å²) in [6, 6.07) is 13.2. The van der Waals surface area contributed by atoms with Crippen molar-refractivity contribution in [1.29, 1.82) is 0 Å². The van der Waals surface area contributed by atoms with Crippen LogP contribution in [0.5, 0.6) is 0 Å². The molecular weight excluding hydrogens is 278 g/mol. The van der Waals surface area contributed by atoms with Gasteiger partial charge in [0, 0.05) is 22.3 Å². The zero-order valence-corrected chi connectivity index (χ0v) is 12.5. The Balaban J connectivity index is 1.60. The number of benzene rings is 1.